The van der Waals surface area contributed by atoms with Crippen molar-refractivity contribution < 1.29 is 28.9 Å². The van der Waals surface area contributed by atoms with Gasteiger partial charge in [0.2, 0.25) is 17.7 Å². The zero-order chi connectivity index (χ0) is 42.2. The SMILES string of the molecule is COc1nc(-c2cccc(-c3cccc(-c4ccn5c(=O)c(CNC6CC(C)(O)C6)c(OC)nc5c4)c3Cl)c2Cl)ccc1CN(C[C@@H]1CCC(=O)N1)C(=O)OC(C)(C)C. The van der Waals surface area contributed by atoms with Gasteiger partial charge >= 0.3 is 6.09 Å². The van der Waals surface area contributed by atoms with E-state index in [0.29, 0.717) is 86.3 Å². The molecule has 1 saturated heterocycles. The number of aromatic nitrogens is 3. The van der Waals surface area contributed by atoms with Crippen LogP contribution >= 0.6 is 23.2 Å². The summed E-state index contributed by atoms with van der Waals surface area (Å²) in [4.78, 5) is 49.9. The standard InChI is InChI=1S/C44H48Cl2N6O7/c1-43(2,3)59-42(55)51(24-27-14-16-36(53)48-27)23-26-13-15-34(49-39(26)57-5)32-12-8-11-31(38(32)46)30-10-7-9-29(37(30)45)25-17-18-52-35(19-25)50-40(58-6)33(41(52)54)22-47-28-20-44(4,56)21-28/h7-13,15,17-19,27-28,47,56H,14,16,20-24H2,1-6H3,(H,48,53)/t27-,28?,44?/m0/s1. The summed E-state index contributed by atoms with van der Waals surface area (Å²) in [5.74, 6) is 0.497. The number of rotatable bonds is 12. The number of aliphatic hydroxyl groups is 1. The number of benzene rings is 2. The third-order valence-electron chi connectivity index (χ3n) is 10.6. The van der Waals surface area contributed by atoms with E-state index >= 15 is 0 Å². The molecule has 0 radical (unpaired) electrons. The molecule has 2 aromatic carbocycles. The first-order chi connectivity index (χ1) is 28.0. The van der Waals surface area contributed by atoms with Crippen molar-refractivity contribution >= 4 is 40.8 Å². The summed E-state index contributed by atoms with van der Waals surface area (Å²) in [5, 5.41) is 17.2. The second kappa shape index (κ2) is 16.8. The van der Waals surface area contributed by atoms with Crippen molar-refractivity contribution in [2.45, 2.75) is 89.8 Å². The van der Waals surface area contributed by atoms with Gasteiger partial charge in [0.15, 0.2) is 0 Å². The average Bonchev–Trinajstić information content (AvgIpc) is 3.60. The van der Waals surface area contributed by atoms with Crippen LogP contribution in [0.2, 0.25) is 10.0 Å². The topological polar surface area (TPSA) is 157 Å². The summed E-state index contributed by atoms with van der Waals surface area (Å²) in [7, 11) is 3.00. The van der Waals surface area contributed by atoms with Gasteiger partial charge in [-0.2, -0.15) is 4.98 Å². The number of amides is 2. The molecule has 4 heterocycles. The Labute approximate surface area is 352 Å². The molecule has 2 aliphatic rings. The molecule has 15 heteroatoms. The average molecular weight is 844 g/mol. The van der Waals surface area contributed by atoms with E-state index in [-0.39, 0.29) is 49.1 Å². The lowest BCUT2D eigenvalue weighted by Gasteiger charge is -2.41. The largest absolute Gasteiger partial charge is 0.481 e. The minimum atomic E-state index is -0.713. The lowest BCUT2D eigenvalue weighted by molar-refractivity contribution is -0.119. The normalized spacial score (nSPS) is 19.0. The number of carbonyl (C=O) groups is 2. The third kappa shape index (κ3) is 9.18. The summed E-state index contributed by atoms with van der Waals surface area (Å²) in [5.41, 5.74) is 3.79. The first-order valence-electron chi connectivity index (χ1n) is 19.5. The molecule has 0 unspecified atom stereocenters. The molecule has 1 aliphatic carbocycles. The minimum Gasteiger partial charge on any atom is -0.481 e. The van der Waals surface area contributed by atoms with Crippen molar-refractivity contribution in [2.75, 3.05) is 20.8 Å². The van der Waals surface area contributed by atoms with Gasteiger partial charge in [-0.15, -0.1) is 0 Å². The second-order valence-electron chi connectivity index (χ2n) is 16.4. The quantitative estimate of drug-likeness (QED) is 0.115. The molecule has 5 aromatic rings. The number of pyridine rings is 2. The molecular weight excluding hydrogens is 795 g/mol. The zero-order valence-electron chi connectivity index (χ0n) is 33.9. The maximum absolute atomic E-state index is 13.6. The molecule has 2 fully saturated rings. The minimum absolute atomic E-state index is 0.0419. The highest BCUT2D eigenvalue weighted by Crippen LogP contribution is 2.42. The van der Waals surface area contributed by atoms with Crippen molar-refractivity contribution in [1.82, 2.24) is 29.9 Å². The summed E-state index contributed by atoms with van der Waals surface area (Å²) >= 11 is 14.3. The molecule has 0 bridgehead atoms. The summed E-state index contributed by atoms with van der Waals surface area (Å²) in [6, 6.07) is 18.5. The molecule has 59 heavy (non-hydrogen) atoms. The van der Waals surface area contributed by atoms with E-state index in [1.165, 1.54) is 18.6 Å². The predicted molar refractivity (Wildman–Crippen MR) is 227 cm³/mol. The molecule has 1 saturated carbocycles. The van der Waals surface area contributed by atoms with Crippen LogP contribution in [0.15, 0.2) is 71.7 Å². The first kappa shape index (κ1) is 41.9. The van der Waals surface area contributed by atoms with Crippen molar-refractivity contribution in [3.05, 3.63) is 98.4 Å². The highest BCUT2D eigenvalue weighted by molar-refractivity contribution is 6.39. The number of ether oxygens (including phenoxy) is 3. The number of halogens is 2. The van der Waals surface area contributed by atoms with E-state index in [9.17, 15) is 19.5 Å². The fraction of sp³-hybridized carbons (Fsp3) is 0.386. The lowest BCUT2D eigenvalue weighted by atomic mass is 9.77. The van der Waals surface area contributed by atoms with Gasteiger partial charge in [-0.3, -0.25) is 14.0 Å². The summed E-state index contributed by atoms with van der Waals surface area (Å²) < 4.78 is 18.5. The highest BCUT2D eigenvalue weighted by Gasteiger charge is 2.38. The van der Waals surface area contributed by atoms with Gasteiger partial charge < -0.3 is 34.9 Å². The molecule has 2 amide bonds. The van der Waals surface area contributed by atoms with Gasteiger partial charge in [0, 0.05) is 65.6 Å². The van der Waals surface area contributed by atoms with Crippen LogP contribution in [0.1, 0.15) is 64.5 Å². The van der Waals surface area contributed by atoms with Crippen molar-refractivity contribution in [3.63, 3.8) is 0 Å². The lowest BCUT2D eigenvalue weighted by Crippen LogP contribution is -2.51. The number of nitrogens with zero attached hydrogens (tertiary/aromatic N) is 4. The van der Waals surface area contributed by atoms with Crippen molar-refractivity contribution in [3.8, 4) is 45.3 Å². The Morgan fingerprint density at radius 2 is 1.63 bits per heavy atom. The van der Waals surface area contributed by atoms with E-state index in [1.807, 2.05) is 54.6 Å². The monoisotopic (exact) mass is 842 g/mol. The van der Waals surface area contributed by atoms with E-state index in [0.717, 1.165) is 5.56 Å². The third-order valence-corrected chi connectivity index (χ3v) is 11.4. The number of hydrogen-bond donors (Lipinski definition) is 3. The van der Waals surface area contributed by atoms with Gasteiger partial charge in [0.1, 0.15) is 11.2 Å². The number of fused-ring (bicyclic) bond motifs is 1. The Morgan fingerprint density at radius 1 is 0.966 bits per heavy atom. The van der Waals surface area contributed by atoms with Crippen LogP contribution in [0.25, 0.3) is 39.2 Å². The van der Waals surface area contributed by atoms with Gasteiger partial charge in [-0.25, -0.2) is 9.78 Å². The Bertz CT molecular complexity index is 2480. The molecule has 3 N–H and O–H groups in total. The summed E-state index contributed by atoms with van der Waals surface area (Å²) in [6.45, 7) is 7.89. The maximum Gasteiger partial charge on any atom is 0.410 e. The maximum atomic E-state index is 13.6. The molecule has 0 spiro atoms. The number of nitrogens with one attached hydrogen (secondary N) is 2. The fourth-order valence-corrected chi connectivity index (χ4v) is 8.33. The van der Waals surface area contributed by atoms with Crippen LogP contribution in [0.3, 0.4) is 0 Å². The van der Waals surface area contributed by atoms with E-state index in [4.69, 9.17) is 42.4 Å². The van der Waals surface area contributed by atoms with E-state index in [1.54, 1.807) is 44.9 Å². The van der Waals surface area contributed by atoms with Crippen LogP contribution in [0, 0.1) is 0 Å². The number of hydrogen-bond acceptors (Lipinski definition) is 10. The molecule has 310 valence electrons. The van der Waals surface area contributed by atoms with Gasteiger partial charge in [0.25, 0.3) is 5.56 Å². The second-order valence-corrected chi connectivity index (χ2v) is 17.2. The smallest absolute Gasteiger partial charge is 0.410 e. The van der Waals surface area contributed by atoms with Crippen LogP contribution in [-0.2, 0) is 22.6 Å². The van der Waals surface area contributed by atoms with Gasteiger partial charge in [-0.05, 0) is 76.8 Å². The van der Waals surface area contributed by atoms with E-state index in [2.05, 4.69) is 15.6 Å². The highest BCUT2D eigenvalue weighted by atomic mass is 35.5. The summed E-state index contributed by atoms with van der Waals surface area (Å²) in [6.07, 6.45) is 3.42. The van der Waals surface area contributed by atoms with Crippen LogP contribution in [0.5, 0.6) is 11.8 Å². The zero-order valence-corrected chi connectivity index (χ0v) is 35.4. The Kier molecular flexibility index (Phi) is 11.9. The van der Waals surface area contributed by atoms with E-state index < -0.39 is 17.3 Å². The molecule has 3 aromatic heterocycles. The Hall–Kier alpha value is -5.21. The van der Waals surface area contributed by atoms with Crippen LogP contribution in [-0.4, -0.2) is 80.4 Å². The molecule has 1 atom stereocenters. The molecule has 7 rings (SSSR count). The first-order valence-corrected chi connectivity index (χ1v) is 20.2. The predicted octanol–water partition coefficient (Wildman–Crippen LogP) is 7.43. The number of carbonyl (C=O) groups excluding carboxylic acids is 2. The Balaban J connectivity index is 1.16. The molecular formula is C44H48Cl2N6O7. The fourth-order valence-electron chi connectivity index (χ4n) is 7.67. The van der Waals surface area contributed by atoms with Crippen molar-refractivity contribution in [2.24, 2.45) is 0 Å². The van der Waals surface area contributed by atoms with Gasteiger partial charge in [-0.1, -0.05) is 59.6 Å². The van der Waals surface area contributed by atoms with Gasteiger partial charge in [0.05, 0.1) is 47.7 Å². The number of methoxy groups -OCH3 is 2. The van der Waals surface area contributed by atoms with Crippen LogP contribution in [0.4, 0.5) is 4.79 Å². The Morgan fingerprint density at radius 3 is 2.25 bits per heavy atom. The molecule has 1 aliphatic heterocycles. The van der Waals surface area contributed by atoms with Crippen LogP contribution < -0.4 is 25.7 Å². The molecule has 13 nitrogen and oxygen atoms in total. The van der Waals surface area contributed by atoms with Crippen molar-refractivity contribution in [1.29, 1.82) is 0 Å².